The van der Waals surface area contributed by atoms with E-state index in [4.69, 9.17) is 38.4 Å². The number of hydrazone groups is 1. The molecule has 0 aromatic heterocycles. The second-order valence-corrected chi connectivity index (χ2v) is 6.13. The molecule has 132 valence electrons. The number of hydrogen-bond acceptors (Lipinski definition) is 4. The molecule has 0 aliphatic rings. The van der Waals surface area contributed by atoms with E-state index in [0.29, 0.717) is 33.7 Å². The Morgan fingerprint density at radius 3 is 2.68 bits per heavy atom. The van der Waals surface area contributed by atoms with Gasteiger partial charge in [0.25, 0.3) is 0 Å². The highest BCUT2D eigenvalue weighted by Crippen LogP contribution is 2.37. The van der Waals surface area contributed by atoms with Gasteiger partial charge in [-0.3, -0.25) is 5.43 Å². The SMILES string of the molecule is CCOc1cc(/C=N\NC(N)=S)cc(Cl)c1OCc1ccccc1Cl. The summed E-state index contributed by atoms with van der Waals surface area (Å²) in [7, 11) is 0. The van der Waals surface area contributed by atoms with Gasteiger partial charge in [-0.2, -0.15) is 5.10 Å². The molecule has 0 atom stereocenters. The van der Waals surface area contributed by atoms with Crippen molar-refractivity contribution >= 4 is 46.7 Å². The van der Waals surface area contributed by atoms with E-state index >= 15 is 0 Å². The van der Waals surface area contributed by atoms with Gasteiger partial charge in [0.1, 0.15) is 6.61 Å². The van der Waals surface area contributed by atoms with Crippen molar-refractivity contribution in [1.29, 1.82) is 0 Å². The van der Waals surface area contributed by atoms with E-state index < -0.39 is 0 Å². The highest BCUT2D eigenvalue weighted by Gasteiger charge is 2.13. The van der Waals surface area contributed by atoms with Crippen LogP contribution in [-0.4, -0.2) is 17.9 Å². The summed E-state index contributed by atoms with van der Waals surface area (Å²) in [6, 6.07) is 10.9. The van der Waals surface area contributed by atoms with Crippen molar-refractivity contribution in [1.82, 2.24) is 5.43 Å². The Morgan fingerprint density at radius 2 is 2.00 bits per heavy atom. The Morgan fingerprint density at radius 1 is 1.24 bits per heavy atom. The van der Waals surface area contributed by atoms with Gasteiger partial charge in [0.15, 0.2) is 16.6 Å². The van der Waals surface area contributed by atoms with Crippen molar-refractivity contribution in [3.63, 3.8) is 0 Å². The van der Waals surface area contributed by atoms with Gasteiger partial charge in [0.2, 0.25) is 0 Å². The average molecular weight is 398 g/mol. The van der Waals surface area contributed by atoms with E-state index in [0.717, 1.165) is 5.56 Å². The number of ether oxygens (including phenoxy) is 2. The molecular formula is C17H17Cl2N3O2S. The zero-order valence-electron chi connectivity index (χ0n) is 13.5. The van der Waals surface area contributed by atoms with Crippen LogP contribution in [0.5, 0.6) is 11.5 Å². The molecule has 8 heteroatoms. The third kappa shape index (κ3) is 5.77. The number of nitrogens with zero attached hydrogens (tertiary/aromatic N) is 1. The van der Waals surface area contributed by atoms with Crippen LogP contribution in [0, 0.1) is 0 Å². The molecule has 2 aromatic carbocycles. The first-order valence-corrected chi connectivity index (χ1v) is 8.58. The molecule has 0 unspecified atom stereocenters. The normalized spacial score (nSPS) is 10.7. The zero-order chi connectivity index (χ0) is 18.2. The van der Waals surface area contributed by atoms with Gasteiger partial charge in [0, 0.05) is 10.6 Å². The predicted octanol–water partition coefficient (Wildman–Crippen LogP) is 4.14. The molecular weight excluding hydrogens is 381 g/mol. The number of benzene rings is 2. The molecule has 0 heterocycles. The topological polar surface area (TPSA) is 68.9 Å². The van der Waals surface area contributed by atoms with Crippen LogP contribution in [0.3, 0.4) is 0 Å². The molecule has 0 aliphatic carbocycles. The van der Waals surface area contributed by atoms with Crippen LogP contribution < -0.4 is 20.6 Å². The number of thiocarbonyl (C=S) groups is 1. The first-order chi connectivity index (χ1) is 12.0. The molecule has 0 spiro atoms. The minimum atomic E-state index is 0.0760. The maximum Gasteiger partial charge on any atom is 0.184 e. The molecule has 0 bridgehead atoms. The lowest BCUT2D eigenvalue weighted by Gasteiger charge is -2.15. The predicted molar refractivity (Wildman–Crippen MR) is 106 cm³/mol. The van der Waals surface area contributed by atoms with Gasteiger partial charge >= 0.3 is 0 Å². The maximum atomic E-state index is 6.35. The highest BCUT2D eigenvalue weighted by atomic mass is 35.5. The van der Waals surface area contributed by atoms with Gasteiger partial charge < -0.3 is 15.2 Å². The summed E-state index contributed by atoms with van der Waals surface area (Å²) in [6.07, 6.45) is 1.53. The van der Waals surface area contributed by atoms with Crippen molar-refractivity contribution in [2.75, 3.05) is 6.61 Å². The monoisotopic (exact) mass is 397 g/mol. The molecule has 3 N–H and O–H groups in total. The lowest BCUT2D eigenvalue weighted by molar-refractivity contribution is 0.269. The largest absolute Gasteiger partial charge is 0.490 e. The summed E-state index contributed by atoms with van der Waals surface area (Å²) in [5.74, 6) is 0.960. The molecule has 2 aromatic rings. The summed E-state index contributed by atoms with van der Waals surface area (Å²) < 4.78 is 11.5. The summed E-state index contributed by atoms with van der Waals surface area (Å²) in [4.78, 5) is 0. The van der Waals surface area contributed by atoms with Crippen LogP contribution in [0.15, 0.2) is 41.5 Å². The fourth-order valence-corrected chi connectivity index (χ4v) is 2.52. The summed E-state index contributed by atoms with van der Waals surface area (Å²) >= 11 is 17.2. The van der Waals surface area contributed by atoms with Crippen LogP contribution in [0.25, 0.3) is 0 Å². The van der Waals surface area contributed by atoms with Gasteiger partial charge in [-0.1, -0.05) is 41.4 Å². The number of halogens is 2. The molecule has 0 saturated carbocycles. The van der Waals surface area contributed by atoms with Gasteiger partial charge in [-0.25, -0.2) is 0 Å². The molecule has 0 aliphatic heterocycles. The molecule has 5 nitrogen and oxygen atoms in total. The summed E-state index contributed by atoms with van der Waals surface area (Å²) in [6.45, 7) is 2.61. The quantitative estimate of drug-likeness (QED) is 0.417. The number of rotatable bonds is 7. The lowest BCUT2D eigenvalue weighted by Crippen LogP contribution is -2.23. The fourth-order valence-electron chi connectivity index (χ4n) is 2.00. The van der Waals surface area contributed by atoms with Crippen LogP contribution in [-0.2, 0) is 6.61 Å². The Balaban J connectivity index is 2.23. The third-order valence-corrected chi connectivity index (χ3v) is 3.79. The average Bonchev–Trinajstić information content (AvgIpc) is 2.55. The van der Waals surface area contributed by atoms with Gasteiger partial charge in [-0.15, -0.1) is 0 Å². The van der Waals surface area contributed by atoms with E-state index in [1.807, 2.05) is 25.1 Å². The van der Waals surface area contributed by atoms with Crippen LogP contribution >= 0.6 is 35.4 Å². The minimum absolute atomic E-state index is 0.0760. The minimum Gasteiger partial charge on any atom is -0.490 e. The van der Waals surface area contributed by atoms with E-state index in [9.17, 15) is 0 Å². The zero-order valence-corrected chi connectivity index (χ0v) is 15.8. The molecule has 2 rings (SSSR count). The summed E-state index contributed by atoms with van der Waals surface area (Å²) in [5, 5.41) is 5.01. The third-order valence-electron chi connectivity index (χ3n) is 3.05. The standard InChI is InChI=1S/C17H17Cl2N3O2S/c1-2-23-15-8-11(9-21-22-17(20)25)7-14(19)16(15)24-10-12-5-3-4-6-13(12)18/h3-9H,2,10H2,1H3,(H3,20,22,25)/b21-9-. The first-order valence-electron chi connectivity index (χ1n) is 7.42. The first kappa shape index (κ1) is 19.3. The van der Waals surface area contributed by atoms with Gasteiger partial charge in [0.05, 0.1) is 17.8 Å². The van der Waals surface area contributed by atoms with Crippen molar-refractivity contribution < 1.29 is 9.47 Å². The Kier molecular flexibility index (Phi) is 7.31. The molecule has 0 fully saturated rings. The second-order valence-electron chi connectivity index (χ2n) is 4.88. The second kappa shape index (κ2) is 9.46. The van der Waals surface area contributed by atoms with Crippen molar-refractivity contribution in [2.24, 2.45) is 10.8 Å². The number of hydrogen-bond donors (Lipinski definition) is 2. The van der Waals surface area contributed by atoms with E-state index in [-0.39, 0.29) is 11.7 Å². The van der Waals surface area contributed by atoms with Crippen molar-refractivity contribution in [3.8, 4) is 11.5 Å². The fraction of sp³-hybridized carbons (Fsp3) is 0.176. The van der Waals surface area contributed by atoms with Crippen LogP contribution in [0.1, 0.15) is 18.1 Å². The van der Waals surface area contributed by atoms with Crippen LogP contribution in [0.4, 0.5) is 0 Å². The Hall–Kier alpha value is -2.02. The molecule has 25 heavy (non-hydrogen) atoms. The van der Waals surface area contributed by atoms with Crippen LogP contribution in [0.2, 0.25) is 10.0 Å². The molecule has 0 saturated heterocycles. The maximum absolute atomic E-state index is 6.35. The highest BCUT2D eigenvalue weighted by molar-refractivity contribution is 7.80. The Bertz CT molecular complexity index is 784. The van der Waals surface area contributed by atoms with E-state index in [2.05, 4.69) is 22.7 Å². The smallest absolute Gasteiger partial charge is 0.184 e. The van der Waals surface area contributed by atoms with Crippen molar-refractivity contribution in [3.05, 3.63) is 57.6 Å². The van der Waals surface area contributed by atoms with Gasteiger partial charge in [-0.05, 0) is 42.9 Å². The number of nitrogens with one attached hydrogen (secondary N) is 1. The summed E-state index contributed by atoms with van der Waals surface area (Å²) in [5.41, 5.74) is 9.37. The van der Waals surface area contributed by atoms with Crippen molar-refractivity contribution in [2.45, 2.75) is 13.5 Å². The lowest BCUT2D eigenvalue weighted by atomic mass is 10.2. The Labute approximate surface area is 161 Å². The molecule has 0 amide bonds. The molecule has 0 radical (unpaired) electrons. The van der Waals surface area contributed by atoms with E-state index in [1.165, 1.54) is 6.21 Å². The number of nitrogens with two attached hydrogens (primary N) is 1. The van der Waals surface area contributed by atoms with E-state index in [1.54, 1.807) is 18.2 Å².